The molecule has 2 heterocycles. The summed E-state index contributed by atoms with van der Waals surface area (Å²) in [6.45, 7) is 0.982. The van der Waals surface area contributed by atoms with E-state index in [1.165, 1.54) is 12.1 Å². The number of benzene rings is 3. The summed E-state index contributed by atoms with van der Waals surface area (Å²) in [5, 5.41) is 9.55. The first kappa shape index (κ1) is 21.1. The number of pyridine rings is 1. The molecule has 2 N–H and O–H groups in total. The van der Waals surface area contributed by atoms with Gasteiger partial charge in [0.05, 0.1) is 5.69 Å². The van der Waals surface area contributed by atoms with E-state index in [4.69, 9.17) is 16.7 Å². The first-order valence-corrected chi connectivity index (χ1v) is 10.9. The first-order valence-electron chi connectivity index (χ1n) is 10.5. The van der Waals surface area contributed by atoms with Crippen LogP contribution in [0.25, 0.3) is 28.0 Å². The zero-order valence-electron chi connectivity index (χ0n) is 17.6. The monoisotopic (exact) mass is 458 g/mol. The SMILES string of the molecule is O=c1[nH]c2c(cc1CNCc1ccc(Cl)cc1)c(-c1ccc(F)cc1)nn2-c1ccccc1. The Morgan fingerprint density at radius 1 is 0.939 bits per heavy atom. The number of hydrogen-bond acceptors (Lipinski definition) is 3. The molecular formula is C26H20ClFN4O. The zero-order chi connectivity index (χ0) is 22.8. The van der Waals surface area contributed by atoms with Crippen molar-refractivity contribution in [2.45, 2.75) is 13.1 Å². The Balaban J connectivity index is 1.54. The summed E-state index contributed by atoms with van der Waals surface area (Å²) in [5.74, 6) is -0.314. The number of H-pyrrole nitrogens is 1. The second-order valence-electron chi connectivity index (χ2n) is 7.72. The Hall–Kier alpha value is -3.74. The van der Waals surface area contributed by atoms with E-state index < -0.39 is 0 Å². The van der Waals surface area contributed by atoms with E-state index in [2.05, 4.69) is 10.3 Å². The smallest absolute Gasteiger partial charge is 0.254 e. The lowest BCUT2D eigenvalue weighted by molar-refractivity contribution is 0.628. The van der Waals surface area contributed by atoms with Crippen LogP contribution in [0, 0.1) is 5.82 Å². The van der Waals surface area contributed by atoms with Gasteiger partial charge in [0.15, 0.2) is 0 Å². The van der Waals surface area contributed by atoms with Gasteiger partial charge in [0.1, 0.15) is 17.2 Å². The number of aromatic nitrogens is 3. The largest absolute Gasteiger partial charge is 0.308 e. The molecule has 0 aliphatic rings. The highest BCUT2D eigenvalue weighted by Crippen LogP contribution is 2.29. The standard InChI is InChI=1S/C26H20ClFN4O/c27-20-10-6-17(7-11-20)15-29-16-19-14-23-24(18-8-12-21(28)13-9-18)31-32(25(23)30-26(19)33)22-4-2-1-3-5-22/h1-14,29H,15-16H2,(H,30,33). The van der Waals surface area contributed by atoms with Crippen LogP contribution in [0.5, 0.6) is 0 Å². The Morgan fingerprint density at radius 3 is 2.39 bits per heavy atom. The molecule has 7 heteroatoms. The van der Waals surface area contributed by atoms with Gasteiger partial charge in [-0.15, -0.1) is 0 Å². The van der Waals surface area contributed by atoms with Crippen molar-refractivity contribution in [3.63, 3.8) is 0 Å². The third-order valence-electron chi connectivity index (χ3n) is 5.44. The molecule has 0 bridgehead atoms. The van der Waals surface area contributed by atoms with Crippen molar-refractivity contribution < 1.29 is 4.39 Å². The molecule has 0 atom stereocenters. The maximum absolute atomic E-state index is 13.5. The lowest BCUT2D eigenvalue weighted by atomic mass is 10.1. The molecule has 0 saturated heterocycles. The van der Waals surface area contributed by atoms with Crippen LogP contribution in [0.3, 0.4) is 0 Å². The van der Waals surface area contributed by atoms with Crippen molar-refractivity contribution in [3.8, 4) is 16.9 Å². The molecule has 0 amide bonds. The molecule has 0 aliphatic heterocycles. The predicted octanol–water partition coefficient (Wildman–Crippen LogP) is 5.46. The minimum absolute atomic E-state index is 0.186. The second-order valence-corrected chi connectivity index (χ2v) is 8.16. The molecule has 5 nitrogen and oxygen atoms in total. The maximum atomic E-state index is 13.5. The molecular weight excluding hydrogens is 439 g/mol. The van der Waals surface area contributed by atoms with Crippen LogP contribution in [0.4, 0.5) is 4.39 Å². The first-order chi connectivity index (χ1) is 16.1. The Labute approximate surface area is 194 Å². The topological polar surface area (TPSA) is 62.7 Å². The van der Waals surface area contributed by atoms with Crippen molar-refractivity contribution in [3.05, 3.63) is 117 Å². The fourth-order valence-corrected chi connectivity index (χ4v) is 3.89. The highest BCUT2D eigenvalue weighted by atomic mass is 35.5. The van der Waals surface area contributed by atoms with Gasteiger partial charge >= 0.3 is 0 Å². The summed E-state index contributed by atoms with van der Waals surface area (Å²) in [6, 6.07) is 25.2. The van der Waals surface area contributed by atoms with Crippen molar-refractivity contribution in [2.75, 3.05) is 0 Å². The molecule has 0 aliphatic carbocycles. The summed E-state index contributed by atoms with van der Waals surface area (Å²) in [6.07, 6.45) is 0. The van der Waals surface area contributed by atoms with Gasteiger partial charge in [-0.3, -0.25) is 4.79 Å². The van der Waals surface area contributed by atoms with E-state index in [-0.39, 0.29) is 11.4 Å². The van der Waals surface area contributed by atoms with E-state index in [9.17, 15) is 9.18 Å². The van der Waals surface area contributed by atoms with Crippen molar-refractivity contribution >= 4 is 22.6 Å². The average molecular weight is 459 g/mol. The van der Waals surface area contributed by atoms with E-state index >= 15 is 0 Å². The Kier molecular flexibility index (Phi) is 5.77. The maximum Gasteiger partial charge on any atom is 0.254 e. The van der Waals surface area contributed by atoms with E-state index in [0.717, 1.165) is 22.2 Å². The number of aromatic amines is 1. The Bertz CT molecular complexity index is 1460. The molecule has 5 aromatic rings. The number of para-hydroxylation sites is 1. The van der Waals surface area contributed by atoms with Gasteiger partial charge in [0.25, 0.3) is 5.56 Å². The van der Waals surface area contributed by atoms with Crippen LogP contribution in [-0.4, -0.2) is 14.8 Å². The summed E-state index contributed by atoms with van der Waals surface area (Å²) < 4.78 is 15.2. The molecule has 0 spiro atoms. The number of fused-ring (bicyclic) bond motifs is 1. The van der Waals surface area contributed by atoms with Crippen LogP contribution in [0.1, 0.15) is 11.1 Å². The van der Waals surface area contributed by atoms with Gasteiger partial charge in [-0.2, -0.15) is 5.10 Å². The van der Waals surface area contributed by atoms with Gasteiger partial charge in [-0.1, -0.05) is 41.9 Å². The van der Waals surface area contributed by atoms with Crippen LogP contribution >= 0.6 is 11.6 Å². The minimum Gasteiger partial charge on any atom is -0.308 e. The third kappa shape index (κ3) is 4.44. The van der Waals surface area contributed by atoms with Gasteiger partial charge < -0.3 is 10.3 Å². The number of hydrogen-bond donors (Lipinski definition) is 2. The Morgan fingerprint density at radius 2 is 1.67 bits per heavy atom. The van der Waals surface area contributed by atoms with Gasteiger partial charge in [0, 0.05) is 34.6 Å². The normalized spacial score (nSPS) is 11.2. The summed E-state index contributed by atoms with van der Waals surface area (Å²) in [7, 11) is 0. The summed E-state index contributed by atoms with van der Waals surface area (Å²) >= 11 is 5.94. The minimum atomic E-state index is -0.314. The second kappa shape index (κ2) is 9.02. The van der Waals surface area contributed by atoms with Crippen LogP contribution in [0.15, 0.2) is 89.7 Å². The van der Waals surface area contributed by atoms with Gasteiger partial charge in [-0.25, -0.2) is 9.07 Å². The lowest BCUT2D eigenvalue weighted by Gasteiger charge is -2.06. The molecule has 0 saturated carbocycles. The molecule has 3 aromatic carbocycles. The van der Waals surface area contributed by atoms with Crippen LogP contribution < -0.4 is 10.9 Å². The quantitative estimate of drug-likeness (QED) is 0.355. The average Bonchev–Trinajstić information content (AvgIpc) is 3.19. The number of nitrogens with one attached hydrogen (secondary N) is 2. The van der Waals surface area contributed by atoms with Gasteiger partial charge in [-0.05, 0) is 60.2 Å². The molecule has 0 unspecified atom stereocenters. The molecule has 33 heavy (non-hydrogen) atoms. The molecule has 0 radical (unpaired) electrons. The highest BCUT2D eigenvalue weighted by molar-refractivity contribution is 6.30. The predicted molar refractivity (Wildman–Crippen MR) is 129 cm³/mol. The zero-order valence-corrected chi connectivity index (χ0v) is 18.3. The van der Waals surface area contributed by atoms with Gasteiger partial charge in [0.2, 0.25) is 0 Å². The van der Waals surface area contributed by atoms with Crippen molar-refractivity contribution in [2.24, 2.45) is 0 Å². The third-order valence-corrected chi connectivity index (χ3v) is 5.69. The fraction of sp³-hybridized carbons (Fsp3) is 0.0769. The van der Waals surface area contributed by atoms with Crippen molar-refractivity contribution in [1.29, 1.82) is 0 Å². The summed E-state index contributed by atoms with van der Waals surface area (Å²) in [4.78, 5) is 15.9. The van der Waals surface area contributed by atoms with E-state index in [0.29, 0.717) is 35.0 Å². The van der Waals surface area contributed by atoms with E-state index in [1.807, 2.05) is 60.7 Å². The fourth-order valence-electron chi connectivity index (χ4n) is 3.77. The molecule has 0 fully saturated rings. The number of nitrogens with zero attached hydrogens (tertiary/aromatic N) is 2. The van der Waals surface area contributed by atoms with Crippen LogP contribution in [0.2, 0.25) is 5.02 Å². The molecule has 5 rings (SSSR count). The molecule has 2 aromatic heterocycles. The summed E-state index contributed by atoms with van der Waals surface area (Å²) in [5.41, 5.74) is 4.32. The van der Waals surface area contributed by atoms with E-state index in [1.54, 1.807) is 16.8 Å². The van der Waals surface area contributed by atoms with Crippen molar-refractivity contribution in [1.82, 2.24) is 20.1 Å². The number of rotatable bonds is 6. The molecule has 164 valence electrons. The highest BCUT2D eigenvalue weighted by Gasteiger charge is 2.16. The number of halogens is 2. The lowest BCUT2D eigenvalue weighted by Crippen LogP contribution is -2.21. The van der Waals surface area contributed by atoms with Crippen LogP contribution in [-0.2, 0) is 13.1 Å².